The molecule has 0 amide bonds. The molecule has 112 valence electrons. The van der Waals surface area contributed by atoms with Crippen LogP contribution in [0, 0.1) is 0 Å². The fourth-order valence-corrected chi connectivity index (χ4v) is 1.93. The Balaban J connectivity index is 1.93. The Labute approximate surface area is 121 Å². The van der Waals surface area contributed by atoms with Crippen LogP contribution in [0.5, 0.6) is 5.75 Å². The van der Waals surface area contributed by atoms with Crippen molar-refractivity contribution in [3.8, 4) is 5.75 Å². The Morgan fingerprint density at radius 3 is 2.38 bits per heavy atom. The van der Waals surface area contributed by atoms with Crippen LogP contribution in [0.4, 0.5) is 13.2 Å². The molecule has 0 aliphatic carbocycles. The summed E-state index contributed by atoms with van der Waals surface area (Å²) in [5.41, 5.74) is 5.70. The maximum atomic E-state index is 12.6. The Morgan fingerprint density at radius 2 is 1.71 bits per heavy atom. The van der Waals surface area contributed by atoms with Gasteiger partial charge in [0, 0.05) is 12.5 Å². The van der Waals surface area contributed by atoms with Crippen LogP contribution in [0.25, 0.3) is 0 Å². The van der Waals surface area contributed by atoms with Gasteiger partial charge in [0.25, 0.3) is 0 Å². The smallest absolute Gasteiger partial charge is 0.416 e. The zero-order valence-electron chi connectivity index (χ0n) is 11.3. The summed E-state index contributed by atoms with van der Waals surface area (Å²) in [5.74, 6) is 0.716. The second-order valence-corrected chi connectivity index (χ2v) is 4.68. The topological polar surface area (TPSA) is 35.2 Å². The van der Waals surface area contributed by atoms with Gasteiger partial charge in [-0.15, -0.1) is 0 Å². The number of hydrogen-bond donors (Lipinski definition) is 1. The number of hydrogen-bond acceptors (Lipinski definition) is 2. The molecule has 1 atom stereocenters. The van der Waals surface area contributed by atoms with Gasteiger partial charge in [-0.2, -0.15) is 13.2 Å². The minimum absolute atomic E-state index is 0.349. The molecule has 21 heavy (non-hydrogen) atoms. The third-order valence-electron chi connectivity index (χ3n) is 3.08. The van der Waals surface area contributed by atoms with Crippen molar-refractivity contribution in [1.82, 2.24) is 0 Å². The van der Waals surface area contributed by atoms with Gasteiger partial charge >= 0.3 is 6.18 Å². The highest BCUT2D eigenvalue weighted by Gasteiger charge is 2.30. The summed E-state index contributed by atoms with van der Waals surface area (Å²) in [4.78, 5) is 0. The number of alkyl halides is 3. The molecule has 2 aromatic rings. The standard InChI is InChI=1S/C16H16F3NO/c17-16(18,19)13-6-4-5-12(11-13)15(20)9-10-21-14-7-2-1-3-8-14/h1-8,11,15H,9-10,20H2. The number of nitrogens with two attached hydrogens (primary N) is 1. The molecule has 0 radical (unpaired) electrons. The second kappa shape index (κ2) is 6.63. The molecule has 2 N–H and O–H groups in total. The van der Waals surface area contributed by atoms with E-state index >= 15 is 0 Å². The first-order valence-corrected chi connectivity index (χ1v) is 6.57. The van der Waals surface area contributed by atoms with E-state index in [-0.39, 0.29) is 0 Å². The van der Waals surface area contributed by atoms with Crippen molar-refractivity contribution >= 4 is 0 Å². The molecule has 0 aliphatic rings. The van der Waals surface area contributed by atoms with Crippen molar-refractivity contribution in [2.75, 3.05) is 6.61 Å². The molecule has 1 unspecified atom stereocenters. The molecule has 0 heterocycles. The molecule has 2 aromatic carbocycles. The summed E-state index contributed by atoms with van der Waals surface area (Å²) in [6.07, 6.45) is -3.91. The number of rotatable bonds is 5. The minimum atomic E-state index is -4.35. The largest absolute Gasteiger partial charge is 0.494 e. The molecular formula is C16H16F3NO. The van der Waals surface area contributed by atoms with Gasteiger partial charge in [-0.05, 0) is 29.8 Å². The van der Waals surface area contributed by atoms with E-state index in [0.29, 0.717) is 24.3 Å². The molecule has 0 saturated carbocycles. The Kier molecular flexibility index (Phi) is 4.85. The van der Waals surface area contributed by atoms with Crippen molar-refractivity contribution in [1.29, 1.82) is 0 Å². The van der Waals surface area contributed by atoms with Gasteiger partial charge in [-0.1, -0.05) is 30.3 Å². The van der Waals surface area contributed by atoms with Crippen LogP contribution < -0.4 is 10.5 Å². The van der Waals surface area contributed by atoms with Crippen LogP contribution in [0.15, 0.2) is 54.6 Å². The normalized spacial score (nSPS) is 13.0. The molecule has 0 saturated heterocycles. The third kappa shape index (κ3) is 4.49. The SMILES string of the molecule is NC(CCOc1ccccc1)c1cccc(C(F)(F)F)c1. The first-order valence-electron chi connectivity index (χ1n) is 6.57. The molecule has 5 heteroatoms. The molecule has 0 fully saturated rings. The highest BCUT2D eigenvalue weighted by Crippen LogP contribution is 2.30. The monoisotopic (exact) mass is 295 g/mol. The lowest BCUT2D eigenvalue weighted by Crippen LogP contribution is -2.15. The summed E-state index contributed by atoms with van der Waals surface area (Å²) in [6, 6.07) is 13.8. The number of halogens is 3. The zero-order chi connectivity index (χ0) is 15.3. The highest BCUT2D eigenvalue weighted by molar-refractivity contribution is 5.28. The average Bonchev–Trinajstić information content (AvgIpc) is 2.47. The van der Waals surface area contributed by atoms with Crippen molar-refractivity contribution in [3.63, 3.8) is 0 Å². The Bertz CT molecular complexity index is 569. The quantitative estimate of drug-likeness (QED) is 0.898. The summed E-state index contributed by atoms with van der Waals surface area (Å²) in [5, 5.41) is 0. The molecule has 0 aliphatic heterocycles. The minimum Gasteiger partial charge on any atom is -0.494 e. The predicted molar refractivity (Wildman–Crippen MR) is 74.9 cm³/mol. The number of ether oxygens (including phenoxy) is 1. The molecule has 2 nitrogen and oxygen atoms in total. The van der Waals surface area contributed by atoms with E-state index in [4.69, 9.17) is 10.5 Å². The molecule has 0 spiro atoms. The highest BCUT2D eigenvalue weighted by atomic mass is 19.4. The van der Waals surface area contributed by atoms with E-state index in [0.717, 1.165) is 12.1 Å². The van der Waals surface area contributed by atoms with E-state index in [1.165, 1.54) is 6.07 Å². The van der Waals surface area contributed by atoms with Gasteiger partial charge in [-0.25, -0.2) is 0 Å². The summed E-state index contributed by atoms with van der Waals surface area (Å²) < 4.78 is 43.4. The number of para-hydroxylation sites is 1. The molecular weight excluding hydrogens is 279 g/mol. The van der Waals surface area contributed by atoms with Gasteiger partial charge in [0.1, 0.15) is 5.75 Å². The van der Waals surface area contributed by atoms with Crippen LogP contribution in [0.3, 0.4) is 0 Å². The maximum absolute atomic E-state index is 12.6. The van der Waals surface area contributed by atoms with Crippen molar-refractivity contribution in [2.45, 2.75) is 18.6 Å². The van der Waals surface area contributed by atoms with Crippen LogP contribution in [0.1, 0.15) is 23.6 Å². The van der Waals surface area contributed by atoms with E-state index in [9.17, 15) is 13.2 Å². The van der Waals surface area contributed by atoms with E-state index < -0.39 is 17.8 Å². The lowest BCUT2D eigenvalue weighted by atomic mass is 10.0. The lowest BCUT2D eigenvalue weighted by molar-refractivity contribution is -0.137. The first kappa shape index (κ1) is 15.4. The zero-order valence-corrected chi connectivity index (χ0v) is 11.3. The lowest BCUT2D eigenvalue weighted by Gasteiger charge is -2.15. The van der Waals surface area contributed by atoms with E-state index in [2.05, 4.69) is 0 Å². The van der Waals surface area contributed by atoms with Crippen LogP contribution in [-0.4, -0.2) is 6.61 Å². The van der Waals surface area contributed by atoms with Gasteiger partial charge in [0.05, 0.1) is 12.2 Å². The molecule has 2 rings (SSSR count). The van der Waals surface area contributed by atoms with Crippen molar-refractivity contribution in [3.05, 3.63) is 65.7 Å². The predicted octanol–water partition coefficient (Wildman–Crippen LogP) is 4.17. The van der Waals surface area contributed by atoms with Crippen LogP contribution >= 0.6 is 0 Å². The van der Waals surface area contributed by atoms with Gasteiger partial charge in [-0.3, -0.25) is 0 Å². The first-order chi connectivity index (χ1) is 9.97. The Morgan fingerprint density at radius 1 is 1.00 bits per heavy atom. The molecule has 0 bridgehead atoms. The van der Waals surface area contributed by atoms with Crippen molar-refractivity contribution in [2.24, 2.45) is 5.73 Å². The maximum Gasteiger partial charge on any atom is 0.416 e. The van der Waals surface area contributed by atoms with Gasteiger partial charge in [0.15, 0.2) is 0 Å². The second-order valence-electron chi connectivity index (χ2n) is 4.68. The summed E-state index contributed by atoms with van der Waals surface area (Å²) in [7, 11) is 0. The van der Waals surface area contributed by atoms with Crippen LogP contribution in [-0.2, 0) is 6.18 Å². The van der Waals surface area contributed by atoms with Gasteiger partial charge in [0.2, 0.25) is 0 Å². The fourth-order valence-electron chi connectivity index (χ4n) is 1.93. The van der Waals surface area contributed by atoms with Crippen molar-refractivity contribution < 1.29 is 17.9 Å². The third-order valence-corrected chi connectivity index (χ3v) is 3.08. The van der Waals surface area contributed by atoms with E-state index in [1.807, 2.05) is 30.3 Å². The summed E-state index contributed by atoms with van der Waals surface area (Å²) >= 11 is 0. The summed E-state index contributed by atoms with van der Waals surface area (Å²) in [6.45, 7) is 0.349. The molecule has 0 aromatic heterocycles. The van der Waals surface area contributed by atoms with E-state index in [1.54, 1.807) is 6.07 Å². The average molecular weight is 295 g/mol. The number of benzene rings is 2. The fraction of sp³-hybridized carbons (Fsp3) is 0.250. The van der Waals surface area contributed by atoms with Crippen LogP contribution in [0.2, 0.25) is 0 Å². The Hall–Kier alpha value is -2.01. The van der Waals surface area contributed by atoms with Gasteiger partial charge < -0.3 is 10.5 Å².